The molecule has 0 fully saturated rings. The topological polar surface area (TPSA) is 108 Å². The zero-order chi connectivity index (χ0) is 20.7. The molecule has 0 aliphatic heterocycles. The molecule has 8 heteroatoms. The Hall–Kier alpha value is -2.58. The number of hydrogen-bond donors (Lipinski definition) is 2. The highest BCUT2D eigenvalue weighted by molar-refractivity contribution is 7.89. The van der Waals surface area contributed by atoms with Crippen molar-refractivity contribution in [3.8, 4) is 11.5 Å². The summed E-state index contributed by atoms with van der Waals surface area (Å²) in [6, 6.07) is 11.3. The van der Waals surface area contributed by atoms with Crippen LogP contribution in [0.15, 0.2) is 47.4 Å². The Bertz CT molecular complexity index is 909. The molecule has 0 unspecified atom stereocenters. The van der Waals surface area contributed by atoms with Gasteiger partial charge in [0.1, 0.15) is 0 Å². The SMILES string of the molecule is COc1cc(C(=O)NCCc2ccc(S(N)(=O)=O)cc2)ccc1OCC(C)C. The summed E-state index contributed by atoms with van der Waals surface area (Å²) < 4.78 is 33.5. The molecule has 0 atom stereocenters. The Kier molecular flexibility index (Phi) is 7.42. The van der Waals surface area contributed by atoms with Gasteiger partial charge in [-0.3, -0.25) is 4.79 Å². The number of nitrogens with one attached hydrogen (secondary N) is 1. The summed E-state index contributed by atoms with van der Waals surface area (Å²) in [6.45, 7) is 5.07. The molecule has 0 aromatic heterocycles. The maximum Gasteiger partial charge on any atom is 0.251 e. The van der Waals surface area contributed by atoms with Crippen LogP contribution in [0.2, 0.25) is 0 Å². The normalized spacial score (nSPS) is 11.3. The van der Waals surface area contributed by atoms with E-state index < -0.39 is 10.0 Å². The number of nitrogens with two attached hydrogens (primary N) is 1. The van der Waals surface area contributed by atoms with Gasteiger partial charge in [0.25, 0.3) is 5.91 Å². The first-order valence-electron chi connectivity index (χ1n) is 8.91. The summed E-state index contributed by atoms with van der Waals surface area (Å²) in [5, 5.41) is 7.91. The third-order valence-electron chi connectivity index (χ3n) is 3.95. The van der Waals surface area contributed by atoms with E-state index in [-0.39, 0.29) is 10.8 Å². The molecule has 0 radical (unpaired) electrons. The van der Waals surface area contributed by atoms with E-state index in [2.05, 4.69) is 19.2 Å². The van der Waals surface area contributed by atoms with E-state index in [1.54, 1.807) is 30.3 Å². The summed E-state index contributed by atoms with van der Waals surface area (Å²) in [7, 11) is -2.17. The predicted octanol–water partition coefficient (Wildman–Crippen LogP) is 2.35. The van der Waals surface area contributed by atoms with Gasteiger partial charge in [0.15, 0.2) is 11.5 Å². The molecule has 1 amide bonds. The molecule has 0 spiro atoms. The highest BCUT2D eigenvalue weighted by atomic mass is 32.2. The fourth-order valence-corrected chi connectivity index (χ4v) is 2.97. The largest absolute Gasteiger partial charge is 0.493 e. The lowest BCUT2D eigenvalue weighted by molar-refractivity contribution is 0.0953. The molecule has 0 heterocycles. The Morgan fingerprint density at radius 3 is 2.36 bits per heavy atom. The highest BCUT2D eigenvalue weighted by Gasteiger charge is 2.12. The van der Waals surface area contributed by atoms with Gasteiger partial charge in [-0.15, -0.1) is 0 Å². The van der Waals surface area contributed by atoms with E-state index in [0.717, 1.165) is 5.56 Å². The van der Waals surface area contributed by atoms with Crippen LogP contribution in [0.5, 0.6) is 11.5 Å². The predicted molar refractivity (Wildman–Crippen MR) is 107 cm³/mol. The van der Waals surface area contributed by atoms with Crippen molar-refractivity contribution < 1.29 is 22.7 Å². The third kappa shape index (κ3) is 6.24. The number of amides is 1. The number of methoxy groups -OCH3 is 1. The number of primary sulfonamides is 1. The minimum absolute atomic E-state index is 0.0622. The number of rotatable bonds is 9. The molecule has 0 bridgehead atoms. The van der Waals surface area contributed by atoms with Gasteiger partial charge in [0.05, 0.1) is 18.6 Å². The first-order valence-corrected chi connectivity index (χ1v) is 10.5. The van der Waals surface area contributed by atoms with Gasteiger partial charge in [-0.25, -0.2) is 13.6 Å². The third-order valence-corrected chi connectivity index (χ3v) is 4.88. The van der Waals surface area contributed by atoms with Gasteiger partial charge in [-0.05, 0) is 48.2 Å². The molecule has 2 aromatic rings. The maximum absolute atomic E-state index is 12.4. The summed E-state index contributed by atoms with van der Waals surface area (Å²) in [5.74, 6) is 1.26. The quantitative estimate of drug-likeness (QED) is 0.665. The fourth-order valence-electron chi connectivity index (χ4n) is 2.45. The summed E-state index contributed by atoms with van der Waals surface area (Å²) in [5.41, 5.74) is 1.36. The number of sulfonamides is 1. The van der Waals surface area contributed by atoms with Crippen molar-refractivity contribution in [2.45, 2.75) is 25.2 Å². The Morgan fingerprint density at radius 2 is 1.79 bits per heavy atom. The van der Waals surface area contributed by atoms with E-state index in [0.29, 0.717) is 42.6 Å². The van der Waals surface area contributed by atoms with Gasteiger partial charge >= 0.3 is 0 Å². The molecule has 3 N–H and O–H groups in total. The summed E-state index contributed by atoms with van der Waals surface area (Å²) in [6.07, 6.45) is 0.559. The standard InChI is InChI=1S/C20H26N2O5S/c1-14(2)13-27-18-9-6-16(12-19(18)26-3)20(23)22-11-10-15-4-7-17(8-5-15)28(21,24)25/h4-9,12,14H,10-11,13H2,1-3H3,(H,22,23)(H2,21,24,25). The minimum atomic E-state index is -3.70. The molecular formula is C20H26N2O5S. The number of hydrogen-bond acceptors (Lipinski definition) is 5. The van der Waals surface area contributed by atoms with Crippen LogP contribution in [0.25, 0.3) is 0 Å². The van der Waals surface area contributed by atoms with Crippen LogP contribution in [-0.2, 0) is 16.4 Å². The van der Waals surface area contributed by atoms with E-state index in [1.807, 2.05) is 0 Å². The van der Waals surface area contributed by atoms with Crippen LogP contribution >= 0.6 is 0 Å². The molecule has 2 aromatic carbocycles. The average Bonchev–Trinajstić information content (AvgIpc) is 2.65. The van der Waals surface area contributed by atoms with Crippen LogP contribution in [-0.4, -0.2) is 34.6 Å². The van der Waals surface area contributed by atoms with Crippen molar-refractivity contribution in [1.29, 1.82) is 0 Å². The van der Waals surface area contributed by atoms with Gasteiger partial charge in [0.2, 0.25) is 10.0 Å². The van der Waals surface area contributed by atoms with Crippen molar-refractivity contribution >= 4 is 15.9 Å². The van der Waals surface area contributed by atoms with Crippen molar-refractivity contribution in [2.75, 3.05) is 20.3 Å². The van der Waals surface area contributed by atoms with Crippen molar-refractivity contribution in [2.24, 2.45) is 11.1 Å². The van der Waals surface area contributed by atoms with Crippen LogP contribution in [0.1, 0.15) is 29.8 Å². The van der Waals surface area contributed by atoms with Crippen molar-refractivity contribution in [3.63, 3.8) is 0 Å². The lowest BCUT2D eigenvalue weighted by atomic mass is 10.1. The minimum Gasteiger partial charge on any atom is -0.493 e. The van der Waals surface area contributed by atoms with E-state index in [4.69, 9.17) is 14.6 Å². The lowest BCUT2D eigenvalue weighted by Crippen LogP contribution is -2.25. The molecular weight excluding hydrogens is 380 g/mol. The van der Waals surface area contributed by atoms with Crippen molar-refractivity contribution in [3.05, 3.63) is 53.6 Å². The zero-order valence-electron chi connectivity index (χ0n) is 16.3. The summed E-state index contributed by atoms with van der Waals surface area (Å²) in [4.78, 5) is 12.4. The lowest BCUT2D eigenvalue weighted by Gasteiger charge is -2.13. The van der Waals surface area contributed by atoms with Crippen LogP contribution in [0.3, 0.4) is 0 Å². The van der Waals surface area contributed by atoms with E-state index >= 15 is 0 Å². The monoisotopic (exact) mass is 406 g/mol. The number of benzene rings is 2. The molecule has 0 aliphatic carbocycles. The first-order chi connectivity index (χ1) is 13.2. The van der Waals surface area contributed by atoms with Crippen molar-refractivity contribution in [1.82, 2.24) is 5.32 Å². The number of ether oxygens (including phenoxy) is 2. The Morgan fingerprint density at radius 1 is 1.11 bits per heavy atom. The van der Waals surface area contributed by atoms with E-state index in [1.165, 1.54) is 19.2 Å². The molecule has 28 heavy (non-hydrogen) atoms. The molecule has 2 rings (SSSR count). The van der Waals surface area contributed by atoms with Crippen LogP contribution in [0.4, 0.5) is 0 Å². The Balaban J connectivity index is 1.93. The molecule has 0 aliphatic rings. The first kappa shape index (κ1) is 21.7. The Labute approximate surface area is 165 Å². The zero-order valence-corrected chi connectivity index (χ0v) is 17.1. The second-order valence-electron chi connectivity index (χ2n) is 6.77. The average molecular weight is 407 g/mol. The maximum atomic E-state index is 12.4. The summed E-state index contributed by atoms with van der Waals surface area (Å²) >= 11 is 0. The second kappa shape index (κ2) is 9.57. The van der Waals surface area contributed by atoms with Gasteiger partial charge in [-0.2, -0.15) is 0 Å². The molecule has 0 saturated carbocycles. The second-order valence-corrected chi connectivity index (χ2v) is 8.33. The number of carbonyl (C=O) groups is 1. The fraction of sp³-hybridized carbons (Fsp3) is 0.350. The van der Waals surface area contributed by atoms with Gasteiger partial charge < -0.3 is 14.8 Å². The van der Waals surface area contributed by atoms with Gasteiger partial charge in [-0.1, -0.05) is 26.0 Å². The number of carbonyl (C=O) groups excluding carboxylic acids is 1. The highest BCUT2D eigenvalue weighted by Crippen LogP contribution is 2.28. The molecule has 152 valence electrons. The van der Waals surface area contributed by atoms with Crippen LogP contribution in [0, 0.1) is 5.92 Å². The van der Waals surface area contributed by atoms with E-state index in [9.17, 15) is 13.2 Å². The van der Waals surface area contributed by atoms with Gasteiger partial charge in [0, 0.05) is 12.1 Å². The molecule has 7 nitrogen and oxygen atoms in total. The van der Waals surface area contributed by atoms with Crippen LogP contribution < -0.4 is 19.9 Å². The smallest absolute Gasteiger partial charge is 0.251 e. The molecule has 0 saturated heterocycles.